The lowest BCUT2D eigenvalue weighted by Crippen LogP contribution is -2.44. The number of hydrogen-bond donors (Lipinski definition) is 1. The van der Waals surface area contributed by atoms with Crippen LogP contribution < -0.4 is 15.1 Å². The topological polar surface area (TPSA) is 47.5 Å². The summed E-state index contributed by atoms with van der Waals surface area (Å²) in [7, 11) is 2.18. The van der Waals surface area contributed by atoms with Crippen LogP contribution >= 0.6 is 0 Å². The van der Waals surface area contributed by atoms with Crippen LogP contribution in [-0.2, 0) is 6.42 Å². The molecule has 2 aliphatic heterocycles. The SMILES string of the molecule is CN1CCN(c2ccc(Nc3cc(N4CCc5ccccc54)ncn3)cc2)CC1. The lowest BCUT2D eigenvalue weighted by atomic mass is 10.2. The Morgan fingerprint density at radius 3 is 2.48 bits per heavy atom. The molecule has 0 atom stereocenters. The summed E-state index contributed by atoms with van der Waals surface area (Å²) in [5.74, 6) is 1.74. The van der Waals surface area contributed by atoms with Crippen molar-refractivity contribution in [2.75, 3.05) is 54.9 Å². The highest BCUT2D eigenvalue weighted by atomic mass is 15.2. The summed E-state index contributed by atoms with van der Waals surface area (Å²) in [6.07, 6.45) is 2.69. The molecule has 0 spiro atoms. The molecule has 5 rings (SSSR count). The Balaban J connectivity index is 1.30. The summed E-state index contributed by atoms with van der Waals surface area (Å²) in [5, 5.41) is 3.42. The van der Waals surface area contributed by atoms with Crippen LogP contribution in [0, 0.1) is 0 Å². The Morgan fingerprint density at radius 1 is 0.862 bits per heavy atom. The van der Waals surface area contributed by atoms with E-state index in [-0.39, 0.29) is 0 Å². The van der Waals surface area contributed by atoms with Crippen molar-refractivity contribution in [3.05, 3.63) is 66.5 Å². The van der Waals surface area contributed by atoms with Crippen LogP contribution in [0.2, 0.25) is 0 Å². The van der Waals surface area contributed by atoms with E-state index >= 15 is 0 Å². The van der Waals surface area contributed by atoms with Crippen molar-refractivity contribution < 1.29 is 0 Å². The van der Waals surface area contributed by atoms with Gasteiger partial charge in [-0.05, 0) is 49.4 Å². The third-order valence-electron chi connectivity index (χ3n) is 5.82. The summed E-state index contributed by atoms with van der Waals surface area (Å²) in [4.78, 5) is 16.0. The van der Waals surface area contributed by atoms with E-state index in [1.807, 2.05) is 6.07 Å². The molecule has 6 heteroatoms. The van der Waals surface area contributed by atoms with Gasteiger partial charge in [-0.15, -0.1) is 0 Å². The molecule has 1 aromatic heterocycles. The molecule has 0 saturated carbocycles. The van der Waals surface area contributed by atoms with Crippen molar-refractivity contribution in [1.82, 2.24) is 14.9 Å². The number of rotatable bonds is 4. The van der Waals surface area contributed by atoms with Gasteiger partial charge >= 0.3 is 0 Å². The van der Waals surface area contributed by atoms with Crippen molar-refractivity contribution in [2.24, 2.45) is 0 Å². The van der Waals surface area contributed by atoms with Crippen LogP contribution in [0.15, 0.2) is 60.9 Å². The van der Waals surface area contributed by atoms with E-state index in [1.54, 1.807) is 6.33 Å². The monoisotopic (exact) mass is 386 g/mol. The standard InChI is InChI=1S/C23H26N6/c1-27-12-14-28(15-13-27)20-8-6-19(7-9-20)26-22-16-23(25-17-24-22)29-11-10-18-4-2-3-5-21(18)29/h2-9,16-17H,10-15H2,1H3,(H,24,25,26). The molecule has 0 unspecified atom stereocenters. The second-order valence-corrected chi connectivity index (χ2v) is 7.75. The highest BCUT2D eigenvalue weighted by molar-refractivity contribution is 5.70. The third kappa shape index (κ3) is 3.76. The van der Waals surface area contributed by atoms with Gasteiger partial charge < -0.3 is 20.0 Å². The predicted molar refractivity (Wildman–Crippen MR) is 119 cm³/mol. The van der Waals surface area contributed by atoms with E-state index in [4.69, 9.17) is 0 Å². The fourth-order valence-corrected chi connectivity index (χ4v) is 4.11. The minimum absolute atomic E-state index is 0.812. The first-order valence-corrected chi connectivity index (χ1v) is 10.2. The Labute approximate surface area is 171 Å². The summed E-state index contributed by atoms with van der Waals surface area (Å²) in [5.41, 5.74) is 4.93. The molecule has 0 radical (unpaired) electrons. The highest BCUT2D eigenvalue weighted by Gasteiger charge is 2.21. The summed E-state index contributed by atoms with van der Waals surface area (Å²) in [6.45, 7) is 5.34. The van der Waals surface area contributed by atoms with E-state index in [1.165, 1.54) is 16.9 Å². The second-order valence-electron chi connectivity index (χ2n) is 7.75. The second kappa shape index (κ2) is 7.72. The normalized spacial score (nSPS) is 16.7. The number of fused-ring (bicyclic) bond motifs is 1. The van der Waals surface area contributed by atoms with Crippen molar-refractivity contribution >= 4 is 28.7 Å². The smallest absolute Gasteiger partial charge is 0.138 e. The zero-order valence-corrected chi connectivity index (χ0v) is 16.8. The largest absolute Gasteiger partial charge is 0.369 e. The number of aromatic nitrogens is 2. The molecule has 2 aromatic carbocycles. The van der Waals surface area contributed by atoms with Crippen molar-refractivity contribution in [3.8, 4) is 0 Å². The maximum atomic E-state index is 4.51. The number of nitrogens with one attached hydrogen (secondary N) is 1. The van der Waals surface area contributed by atoms with Gasteiger partial charge in [-0.3, -0.25) is 0 Å². The minimum Gasteiger partial charge on any atom is -0.369 e. The van der Waals surface area contributed by atoms with Gasteiger partial charge in [-0.2, -0.15) is 0 Å². The van der Waals surface area contributed by atoms with Crippen LogP contribution in [0.1, 0.15) is 5.56 Å². The molecule has 29 heavy (non-hydrogen) atoms. The highest BCUT2D eigenvalue weighted by Crippen LogP contribution is 2.33. The van der Waals surface area contributed by atoms with Crippen LogP contribution in [0.25, 0.3) is 0 Å². The maximum Gasteiger partial charge on any atom is 0.138 e. The van der Waals surface area contributed by atoms with Gasteiger partial charge in [0.05, 0.1) is 0 Å². The van der Waals surface area contributed by atoms with Crippen molar-refractivity contribution in [1.29, 1.82) is 0 Å². The predicted octanol–water partition coefficient (Wildman–Crippen LogP) is 3.67. The first kappa shape index (κ1) is 17.9. The lowest BCUT2D eigenvalue weighted by Gasteiger charge is -2.34. The van der Waals surface area contributed by atoms with Gasteiger partial charge in [0.15, 0.2) is 0 Å². The molecular formula is C23H26N6. The lowest BCUT2D eigenvalue weighted by molar-refractivity contribution is 0.313. The first-order chi connectivity index (χ1) is 14.3. The fourth-order valence-electron chi connectivity index (χ4n) is 4.11. The van der Waals surface area contributed by atoms with Crippen LogP contribution in [0.3, 0.4) is 0 Å². The van der Waals surface area contributed by atoms with Crippen LogP contribution in [0.5, 0.6) is 0 Å². The average Bonchev–Trinajstić information content (AvgIpc) is 3.19. The van der Waals surface area contributed by atoms with E-state index in [9.17, 15) is 0 Å². The third-order valence-corrected chi connectivity index (χ3v) is 5.82. The van der Waals surface area contributed by atoms with Gasteiger partial charge in [0.1, 0.15) is 18.0 Å². The molecule has 1 N–H and O–H groups in total. The van der Waals surface area contributed by atoms with Gasteiger partial charge in [-0.25, -0.2) is 9.97 Å². The summed E-state index contributed by atoms with van der Waals surface area (Å²) >= 11 is 0. The Bertz CT molecular complexity index is 979. The average molecular weight is 387 g/mol. The number of anilines is 5. The Kier molecular flexibility index (Phi) is 4.77. The number of nitrogens with zero attached hydrogens (tertiary/aromatic N) is 5. The molecule has 1 saturated heterocycles. The Morgan fingerprint density at radius 2 is 1.66 bits per heavy atom. The zero-order chi connectivity index (χ0) is 19.6. The van der Waals surface area contributed by atoms with Crippen molar-refractivity contribution in [2.45, 2.75) is 6.42 Å². The molecule has 6 nitrogen and oxygen atoms in total. The summed E-state index contributed by atoms with van der Waals surface area (Å²) < 4.78 is 0. The molecule has 0 aliphatic carbocycles. The zero-order valence-electron chi connectivity index (χ0n) is 16.8. The molecule has 1 fully saturated rings. The molecular weight excluding hydrogens is 360 g/mol. The number of hydrogen-bond acceptors (Lipinski definition) is 6. The number of benzene rings is 2. The van der Waals surface area contributed by atoms with E-state index in [0.717, 1.165) is 56.5 Å². The van der Waals surface area contributed by atoms with E-state index in [2.05, 4.69) is 85.6 Å². The molecule has 0 bridgehead atoms. The first-order valence-electron chi connectivity index (χ1n) is 10.2. The minimum atomic E-state index is 0.812. The van der Waals surface area contributed by atoms with Crippen LogP contribution in [-0.4, -0.2) is 54.6 Å². The van der Waals surface area contributed by atoms with Gasteiger partial charge in [0.25, 0.3) is 0 Å². The van der Waals surface area contributed by atoms with Gasteiger partial charge in [0.2, 0.25) is 0 Å². The van der Waals surface area contributed by atoms with Crippen LogP contribution in [0.4, 0.5) is 28.7 Å². The Hall–Kier alpha value is -3.12. The molecule has 148 valence electrons. The number of piperazine rings is 1. The van der Waals surface area contributed by atoms with Crippen molar-refractivity contribution in [3.63, 3.8) is 0 Å². The molecule has 3 heterocycles. The molecule has 2 aliphatic rings. The number of likely N-dealkylation sites (N-methyl/N-ethyl adjacent to an activating group) is 1. The molecule has 0 amide bonds. The summed E-state index contributed by atoms with van der Waals surface area (Å²) in [6, 6.07) is 19.2. The quantitative estimate of drug-likeness (QED) is 0.738. The molecule has 3 aromatic rings. The fraction of sp³-hybridized carbons (Fsp3) is 0.304. The van der Waals surface area contributed by atoms with E-state index in [0.29, 0.717) is 0 Å². The number of para-hydroxylation sites is 1. The van der Waals surface area contributed by atoms with Gasteiger partial charge in [-0.1, -0.05) is 18.2 Å². The van der Waals surface area contributed by atoms with Gasteiger partial charge in [0, 0.05) is 55.9 Å². The van der Waals surface area contributed by atoms with E-state index < -0.39 is 0 Å². The maximum absolute atomic E-state index is 4.51.